The Hall–Kier alpha value is -2.23. The van der Waals surface area contributed by atoms with E-state index >= 15 is 0 Å². The van der Waals surface area contributed by atoms with Crippen molar-refractivity contribution in [3.05, 3.63) is 23.5 Å². The molecule has 2 rings (SSSR count). The quantitative estimate of drug-likeness (QED) is 0.486. The van der Waals surface area contributed by atoms with Crippen molar-refractivity contribution < 1.29 is 31.8 Å². The van der Waals surface area contributed by atoms with Crippen LogP contribution in [0.4, 0.5) is 17.6 Å². The molecule has 6 nitrogen and oxygen atoms in total. The predicted molar refractivity (Wildman–Crippen MR) is 93.6 cm³/mol. The second-order valence-corrected chi connectivity index (χ2v) is 7.05. The molecule has 1 fully saturated rings. The lowest BCUT2D eigenvalue weighted by Crippen LogP contribution is -2.47. The molecule has 1 unspecified atom stereocenters. The molecule has 1 aliphatic rings. The molecule has 0 radical (unpaired) electrons. The fourth-order valence-electron chi connectivity index (χ4n) is 2.65. The maximum atomic E-state index is 14.7. The number of unbranched alkanes of at least 4 members (excludes halogenated alkanes) is 1. The van der Waals surface area contributed by atoms with Gasteiger partial charge in [0.25, 0.3) is 5.91 Å². The van der Waals surface area contributed by atoms with E-state index in [1.165, 1.54) is 0 Å². The highest BCUT2D eigenvalue weighted by Crippen LogP contribution is 2.39. The Balaban J connectivity index is 2.27. The molecule has 1 atom stereocenters. The van der Waals surface area contributed by atoms with Crippen molar-refractivity contribution in [2.75, 3.05) is 19.8 Å². The van der Waals surface area contributed by atoms with Crippen LogP contribution in [0, 0.1) is 5.41 Å². The predicted octanol–water partition coefficient (Wildman–Crippen LogP) is 3.55. The molecular weight excluding hydrogens is 382 g/mol. The van der Waals surface area contributed by atoms with Gasteiger partial charge in [-0.25, -0.2) is 4.39 Å². The molecule has 1 aliphatic heterocycles. The molecule has 0 aromatic carbocycles. The lowest BCUT2D eigenvalue weighted by Gasteiger charge is -2.35. The first-order valence-electron chi connectivity index (χ1n) is 8.83. The standard InChI is InChI=1S/C18H23F4N3O3/c1-3-4-5-16(2,8-23)25-15(26)13-6-14(28-11-18(20,21)22)12(7-24-13)17(19)9-27-10-17/h6-8,23H,3-5,9-11H2,1-2H3,(H,25,26). The minimum atomic E-state index is -4.62. The Bertz CT molecular complexity index is 723. The van der Waals surface area contributed by atoms with Gasteiger partial charge in [-0.1, -0.05) is 19.8 Å². The van der Waals surface area contributed by atoms with Gasteiger partial charge in [-0.05, 0) is 13.3 Å². The van der Waals surface area contributed by atoms with Crippen molar-refractivity contribution in [2.24, 2.45) is 0 Å². The molecule has 0 spiro atoms. The second kappa shape index (κ2) is 8.42. The van der Waals surface area contributed by atoms with Gasteiger partial charge in [0, 0.05) is 18.5 Å². The smallest absolute Gasteiger partial charge is 0.422 e. The number of hydrogen-bond acceptors (Lipinski definition) is 5. The lowest BCUT2D eigenvalue weighted by atomic mass is 9.94. The van der Waals surface area contributed by atoms with Crippen molar-refractivity contribution in [3.8, 4) is 5.75 Å². The van der Waals surface area contributed by atoms with E-state index in [1.54, 1.807) is 6.92 Å². The van der Waals surface area contributed by atoms with E-state index in [1.807, 2.05) is 6.92 Å². The van der Waals surface area contributed by atoms with Crippen LogP contribution in [0.3, 0.4) is 0 Å². The third-order valence-electron chi connectivity index (χ3n) is 4.40. The minimum absolute atomic E-state index is 0.194. The summed E-state index contributed by atoms with van der Waals surface area (Å²) in [6.07, 6.45) is -0.388. The largest absolute Gasteiger partial charge is 0.484 e. The minimum Gasteiger partial charge on any atom is -0.484 e. The summed E-state index contributed by atoms with van der Waals surface area (Å²) >= 11 is 0. The number of nitrogens with one attached hydrogen (secondary N) is 2. The molecular formula is C18H23F4N3O3. The van der Waals surface area contributed by atoms with Crippen molar-refractivity contribution in [1.29, 1.82) is 5.41 Å². The van der Waals surface area contributed by atoms with E-state index in [-0.39, 0.29) is 24.5 Å². The van der Waals surface area contributed by atoms with Crippen molar-refractivity contribution in [2.45, 2.75) is 50.5 Å². The summed E-state index contributed by atoms with van der Waals surface area (Å²) in [7, 11) is 0. The average Bonchev–Trinajstić information content (AvgIpc) is 2.62. The number of aromatic nitrogens is 1. The number of hydrogen-bond donors (Lipinski definition) is 2. The molecule has 2 heterocycles. The van der Waals surface area contributed by atoms with Crippen molar-refractivity contribution >= 4 is 12.1 Å². The Morgan fingerprint density at radius 3 is 2.64 bits per heavy atom. The zero-order valence-electron chi connectivity index (χ0n) is 15.7. The van der Waals surface area contributed by atoms with Crippen LogP contribution in [0.5, 0.6) is 5.75 Å². The van der Waals surface area contributed by atoms with Gasteiger partial charge in [-0.2, -0.15) is 13.2 Å². The first kappa shape index (κ1) is 22.1. The molecule has 1 aromatic rings. The molecule has 28 heavy (non-hydrogen) atoms. The Morgan fingerprint density at radius 1 is 1.46 bits per heavy atom. The Kier molecular flexibility index (Phi) is 6.63. The molecule has 156 valence electrons. The van der Waals surface area contributed by atoms with E-state index in [0.29, 0.717) is 6.42 Å². The summed E-state index contributed by atoms with van der Waals surface area (Å²) in [5.41, 5.74) is -3.36. The fourth-order valence-corrected chi connectivity index (χ4v) is 2.65. The Morgan fingerprint density at radius 2 is 2.14 bits per heavy atom. The highest BCUT2D eigenvalue weighted by atomic mass is 19.4. The zero-order valence-corrected chi connectivity index (χ0v) is 15.7. The summed E-state index contributed by atoms with van der Waals surface area (Å²) in [5, 5.41) is 10.2. The number of carbonyl (C=O) groups excluding carboxylic acids is 1. The van der Waals surface area contributed by atoms with E-state index in [0.717, 1.165) is 31.3 Å². The summed E-state index contributed by atoms with van der Waals surface area (Å²) in [6, 6.07) is 0.986. The van der Waals surface area contributed by atoms with Gasteiger partial charge in [-0.15, -0.1) is 0 Å². The molecule has 10 heteroatoms. The molecule has 0 aliphatic carbocycles. The maximum Gasteiger partial charge on any atom is 0.422 e. The summed E-state index contributed by atoms with van der Waals surface area (Å²) in [5.74, 6) is -1.10. The van der Waals surface area contributed by atoms with Crippen LogP contribution in [0.2, 0.25) is 0 Å². The number of halogens is 4. The molecule has 1 aromatic heterocycles. The van der Waals surface area contributed by atoms with Crippen LogP contribution >= 0.6 is 0 Å². The average molecular weight is 405 g/mol. The monoisotopic (exact) mass is 405 g/mol. The number of ether oxygens (including phenoxy) is 2. The van der Waals surface area contributed by atoms with E-state index in [9.17, 15) is 22.4 Å². The van der Waals surface area contributed by atoms with Crippen LogP contribution in [0.15, 0.2) is 12.3 Å². The van der Waals surface area contributed by atoms with E-state index in [2.05, 4.69) is 10.3 Å². The van der Waals surface area contributed by atoms with Gasteiger partial charge in [0.15, 0.2) is 12.3 Å². The van der Waals surface area contributed by atoms with Crippen LogP contribution < -0.4 is 10.1 Å². The van der Waals surface area contributed by atoms with Crippen molar-refractivity contribution in [3.63, 3.8) is 0 Å². The highest BCUT2D eigenvalue weighted by molar-refractivity contribution is 5.95. The van der Waals surface area contributed by atoms with Gasteiger partial charge in [-0.3, -0.25) is 9.78 Å². The lowest BCUT2D eigenvalue weighted by molar-refractivity contribution is -0.156. The van der Waals surface area contributed by atoms with Gasteiger partial charge in [0.1, 0.15) is 11.4 Å². The molecule has 0 bridgehead atoms. The summed E-state index contributed by atoms with van der Waals surface area (Å²) in [6.45, 7) is 1.34. The summed E-state index contributed by atoms with van der Waals surface area (Å²) < 4.78 is 61.9. The molecule has 1 saturated heterocycles. The first-order chi connectivity index (χ1) is 13.0. The third-order valence-corrected chi connectivity index (χ3v) is 4.40. The number of pyridine rings is 1. The van der Waals surface area contributed by atoms with Crippen LogP contribution in [0.1, 0.15) is 49.2 Å². The van der Waals surface area contributed by atoms with E-state index < -0.39 is 35.6 Å². The number of amides is 1. The van der Waals surface area contributed by atoms with Gasteiger partial charge >= 0.3 is 6.18 Å². The maximum absolute atomic E-state index is 14.7. The second-order valence-electron chi connectivity index (χ2n) is 7.05. The topological polar surface area (TPSA) is 84.3 Å². The van der Waals surface area contributed by atoms with Gasteiger partial charge in [0.05, 0.1) is 24.3 Å². The van der Waals surface area contributed by atoms with E-state index in [4.69, 9.17) is 14.9 Å². The Labute approximate surface area is 160 Å². The van der Waals surface area contributed by atoms with Crippen LogP contribution in [0.25, 0.3) is 0 Å². The first-order valence-corrected chi connectivity index (χ1v) is 8.83. The highest BCUT2D eigenvalue weighted by Gasteiger charge is 2.44. The summed E-state index contributed by atoms with van der Waals surface area (Å²) in [4.78, 5) is 16.4. The fraction of sp³-hybridized carbons (Fsp3) is 0.611. The third kappa shape index (κ3) is 5.40. The SMILES string of the molecule is CCCCC(C)(C=N)NC(=O)c1cc(OCC(F)(F)F)c(C2(F)COC2)cn1. The normalized spacial score (nSPS) is 17.9. The molecule has 2 N–H and O–H groups in total. The van der Waals surface area contributed by atoms with Crippen molar-refractivity contribution in [1.82, 2.24) is 10.3 Å². The van der Waals surface area contributed by atoms with Crippen LogP contribution in [-0.4, -0.2) is 48.6 Å². The van der Waals surface area contributed by atoms with Gasteiger partial charge in [0.2, 0.25) is 0 Å². The number of nitrogens with zero attached hydrogens (tertiary/aromatic N) is 1. The molecule has 0 saturated carbocycles. The number of alkyl halides is 4. The number of carbonyl (C=O) groups is 1. The zero-order chi connectivity index (χ0) is 21.0. The number of rotatable bonds is 9. The van der Waals surface area contributed by atoms with Gasteiger partial charge < -0.3 is 20.2 Å². The van der Waals surface area contributed by atoms with Crippen LogP contribution in [-0.2, 0) is 10.4 Å². The molecule has 1 amide bonds.